The number of nitrogens with one attached hydrogen (secondary N) is 1. The van der Waals surface area contributed by atoms with Crippen LogP contribution < -0.4 is 5.56 Å². The van der Waals surface area contributed by atoms with Gasteiger partial charge >= 0.3 is 0 Å². The van der Waals surface area contributed by atoms with E-state index < -0.39 is 5.56 Å². The van der Waals surface area contributed by atoms with Crippen LogP contribution in [0.5, 0.6) is 5.88 Å². The van der Waals surface area contributed by atoms with E-state index in [1.54, 1.807) is 24.3 Å². The number of hydrogen-bond acceptors (Lipinski definition) is 4. The highest BCUT2D eigenvalue weighted by Crippen LogP contribution is 2.24. The standard InChI is InChI=1S/C12H11ClN2O3/c1-18-6-9-14-11(16)10(12(17)15-9)7-2-4-8(13)5-3-7/h2-5H,6H2,1H3,(H2,14,15,16,17). The summed E-state index contributed by atoms with van der Waals surface area (Å²) in [5.74, 6) is -0.0502. The second kappa shape index (κ2) is 5.20. The Hall–Kier alpha value is -1.85. The maximum Gasteiger partial charge on any atom is 0.262 e. The van der Waals surface area contributed by atoms with Crippen molar-refractivity contribution in [3.63, 3.8) is 0 Å². The monoisotopic (exact) mass is 266 g/mol. The number of methoxy groups -OCH3 is 1. The molecule has 1 aromatic carbocycles. The largest absolute Gasteiger partial charge is 0.493 e. The van der Waals surface area contributed by atoms with Gasteiger partial charge in [-0.3, -0.25) is 4.79 Å². The molecule has 0 aliphatic carbocycles. The first kappa shape index (κ1) is 12.6. The molecule has 0 amide bonds. The molecule has 0 aliphatic heterocycles. The molecule has 18 heavy (non-hydrogen) atoms. The van der Waals surface area contributed by atoms with Crippen molar-refractivity contribution in [1.29, 1.82) is 0 Å². The SMILES string of the molecule is COCc1nc(O)c(-c2ccc(Cl)cc2)c(=O)[nH]1. The maximum atomic E-state index is 11.9. The average Bonchev–Trinajstić information content (AvgIpc) is 2.31. The summed E-state index contributed by atoms with van der Waals surface area (Å²) in [6, 6.07) is 6.56. The van der Waals surface area contributed by atoms with E-state index in [2.05, 4.69) is 9.97 Å². The number of aromatic nitrogens is 2. The molecule has 0 bridgehead atoms. The number of H-pyrrole nitrogens is 1. The fraction of sp³-hybridized carbons (Fsp3) is 0.167. The minimum Gasteiger partial charge on any atom is -0.493 e. The molecule has 2 aromatic rings. The van der Waals surface area contributed by atoms with Crippen molar-refractivity contribution in [1.82, 2.24) is 9.97 Å². The summed E-state index contributed by atoms with van der Waals surface area (Å²) < 4.78 is 4.84. The van der Waals surface area contributed by atoms with Crippen LogP contribution in [0.3, 0.4) is 0 Å². The van der Waals surface area contributed by atoms with Gasteiger partial charge in [0.25, 0.3) is 5.56 Å². The zero-order chi connectivity index (χ0) is 13.1. The van der Waals surface area contributed by atoms with Crippen molar-refractivity contribution in [3.8, 4) is 17.0 Å². The first-order chi connectivity index (χ1) is 8.61. The Morgan fingerprint density at radius 3 is 2.61 bits per heavy atom. The van der Waals surface area contributed by atoms with Crippen LogP contribution in [-0.2, 0) is 11.3 Å². The van der Waals surface area contributed by atoms with Gasteiger partial charge in [-0.2, -0.15) is 4.98 Å². The maximum absolute atomic E-state index is 11.9. The van der Waals surface area contributed by atoms with Crippen molar-refractivity contribution in [2.75, 3.05) is 7.11 Å². The van der Waals surface area contributed by atoms with Gasteiger partial charge in [-0.1, -0.05) is 23.7 Å². The summed E-state index contributed by atoms with van der Waals surface area (Å²) in [7, 11) is 1.48. The molecule has 94 valence electrons. The lowest BCUT2D eigenvalue weighted by atomic mass is 10.1. The quantitative estimate of drug-likeness (QED) is 0.890. The summed E-state index contributed by atoms with van der Waals surface area (Å²) in [6.07, 6.45) is 0. The molecular weight excluding hydrogens is 256 g/mol. The Bertz CT molecular complexity index is 608. The van der Waals surface area contributed by atoms with E-state index in [1.807, 2.05) is 0 Å². The van der Waals surface area contributed by atoms with Gasteiger partial charge in [0.1, 0.15) is 18.0 Å². The van der Waals surface area contributed by atoms with E-state index in [1.165, 1.54) is 7.11 Å². The predicted molar refractivity (Wildman–Crippen MR) is 67.7 cm³/mol. The van der Waals surface area contributed by atoms with Crippen molar-refractivity contribution in [2.24, 2.45) is 0 Å². The molecule has 0 aliphatic rings. The fourth-order valence-electron chi connectivity index (χ4n) is 1.59. The minimum atomic E-state index is -0.420. The third-order valence-electron chi connectivity index (χ3n) is 2.36. The van der Waals surface area contributed by atoms with Gasteiger partial charge in [-0.15, -0.1) is 0 Å². The van der Waals surface area contributed by atoms with Gasteiger partial charge in [0.05, 0.1) is 0 Å². The van der Waals surface area contributed by atoms with Crippen molar-refractivity contribution < 1.29 is 9.84 Å². The van der Waals surface area contributed by atoms with Gasteiger partial charge in [0, 0.05) is 12.1 Å². The topological polar surface area (TPSA) is 75.2 Å². The molecule has 0 radical (unpaired) electrons. The van der Waals surface area contributed by atoms with Crippen LogP contribution >= 0.6 is 11.6 Å². The number of hydrogen-bond donors (Lipinski definition) is 2. The normalized spacial score (nSPS) is 10.6. The van der Waals surface area contributed by atoms with E-state index in [0.29, 0.717) is 10.6 Å². The smallest absolute Gasteiger partial charge is 0.262 e. The van der Waals surface area contributed by atoms with Gasteiger partial charge in [-0.25, -0.2) is 0 Å². The highest BCUT2D eigenvalue weighted by molar-refractivity contribution is 6.30. The van der Waals surface area contributed by atoms with Gasteiger partial charge in [-0.05, 0) is 17.7 Å². The van der Waals surface area contributed by atoms with Crippen LogP contribution in [0, 0.1) is 0 Å². The van der Waals surface area contributed by atoms with E-state index in [-0.39, 0.29) is 23.9 Å². The van der Waals surface area contributed by atoms with Crippen molar-refractivity contribution in [2.45, 2.75) is 6.61 Å². The number of benzene rings is 1. The van der Waals surface area contributed by atoms with Crippen LogP contribution in [0.2, 0.25) is 5.02 Å². The first-order valence-electron chi connectivity index (χ1n) is 5.19. The molecule has 0 saturated heterocycles. The molecule has 2 N–H and O–H groups in total. The molecule has 2 rings (SSSR count). The zero-order valence-corrected chi connectivity index (χ0v) is 10.4. The highest BCUT2D eigenvalue weighted by atomic mass is 35.5. The highest BCUT2D eigenvalue weighted by Gasteiger charge is 2.12. The molecule has 5 nitrogen and oxygen atoms in total. The molecule has 0 saturated carbocycles. The van der Waals surface area contributed by atoms with Gasteiger partial charge in [0.15, 0.2) is 0 Å². The van der Waals surface area contributed by atoms with Crippen molar-refractivity contribution >= 4 is 11.6 Å². The summed E-state index contributed by atoms with van der Waals surface area (Å²) in [5.41, 5.74) is 0.248. The second-order valence-electron chi connectivity index (χ2n) is 3.65. The lowest BCUT2D eigenvalue weighted by molar-refractivity contribution is 0.176. The average molecular weight is 267 g/mol. The van der Waals surface area contributed by atoms with Gasteiger partial charge < -0.3 is 14.8 Å². The van der Waals surface area contributed by atoms with E-state index in [0.717, 1.165) is 0 Å². The lowest BCUT2D eigenvalue weighted by Gasteiger charge is -2.05. The molecule has 0 unspecified atom stereocenters. The van der Waals surface area contributed by atoms with Crippen LogP contribution in [0.4, 0.5) is 0 Å². The van der Waals surface area contributed by atoms with Crippen molar-refractivity contribution in [3.05, 3.63) is 45.5 Å². The Labute approximate surface area is 108 Å². The van der Waals surface area contributed by atoms with Gasteiger partial charge in [0.2, 0.25) is 5.88 Å². The van der Waals surface area contributed by atoms with Crippen LogP contribution in [0.15, 0.2) is 29.1 Å². The minimum absolute atomic E-state index is 0.117. The number of aromatic amines is 1. The molecule has 1 heterocycles. The van der Waals surface area contributed by atoms with Crippen LogP contribution in [0.25, 0.3) is 11.1 Å². The number of nitrogens with zero attached hydrogens (tertiary/aromatic N) is 1. The predicted octanol–water partition coefficient (Wildman–Crippen LogP) is 1.94. The molecular formula is C12H11ClN2O3. The second-order valence-corrected chi connectivity index (χ2v) is 4.09. The summed E-state index contributed by atoms with van der Waals surface area (Å²) >= 11 is 5.76. The summed E-state index contributed by atoms with van der Waals surface area (Å²) in [6.45, 7) is 0.129. The molecule has 0 atom stereocenters. The third-order valence-corrected chi connectivity index (χ3v) is 2.62. The number of ether oxygens (including phenoxy) is 1. The Balaban J connectivity index is 2.52. The number of rotatable bonds is 3. The summed E-state index contributed by atoms with van der Waals surface area (Å²) in [4.78, 5) is 18.3. The molecule has 6 heteroatoms. The summed E-state index contributed by atoms with van der Waals surface area (Å²) in [5, 5.41) is 10.4. The number of aromatic hydroxyl groups is 1. The van der Waals surface area contributed by atoms with E-state index in [4.69, 9.17) is 16.3 Å². The lowest BCUT2D eigenvalue weighted by Crippen LogP contribution is -2.14. The third kappa shape index (κ3) is 2.52. The first-order valence-corrected chi connectivity index (χ1v) is 5.56. The number of halogens is 1. The molecule has 1 aromatic heterocycles. The van der Waals surface area contributed by atoms with Crippen LogP contribution in [0.1, 0.15) is 5.82 Å². The van der Waals surface area contributed by atoms with Crippen LogP contribution in [-0.4, -0.2) is 22.2 Å². The molecule has 0 fully saturated rings. The zero-order valence-electron chi connectivity index (χ0n) is 9.61. The Morgan fingerprint density at radius 2 is 2.06 bits per heavy atom. The Morgan fingerprint density at radius 1 is 1.39 bits per heavy atom. The fourth-order valence-corrected chi connectivity index (χ4v) is 1.71. The molecule has 0 spiro atoms. The Kier molecular flexibility index (Phi) is 3.64. The van der Waals surface area contributed by atoms with E-state index >= 15 is 0 Å². The van der Waals surface area contributed by atoms with E-state index in [9.17, 15) is 9.90 Å².